The maximum atomic E-state index is 12.0. The second kappa shape index (κ2) is 13.8. The van der Waals surface area contributed by atoms with Crippen LogP contribution < -0.4 is 10.6 Å². The van der Waals surface area contributed by atoms with Gasteiger partial charge in [-0.25, -0.2) is 0 Å². The topological polar surface area (TPSA) is 72.4 Å². The van der Waals surface area contributed by atoms with Crippen molar-refractivity contribution in [3.05, 3.63) is 0 Å². The van der Waals surface area contributed by atoms with Gasteiger partial charge in [0.15, 0.2) is 5.96 Å². The summed E-state index contributed by atoms with van der Waals surface area (Å²) in [6.07, 6.45) is 2.57. The van der Waals surface area contributed by atoms with E-state index >= 15 is 0 Å². The van der Waals surface area contributed by atoms with E-state index in [1.807, 2.05) is 0 Å². The molecule has 0 aliphatic carbocycles. The van der Waals surface area contributed by atoms with E-state index in [0.29, 0.717) is 25.6 Å². The fraction of sp³-hybridized carbons (Fsp3) is 0.909. The van der Waals surface area contributed by atoms with E-state index in [1.165, 1.54) is 32.5 Å². The summed E-state index contributed by atoms with van der Waals surface area (Å²) in [6, 6.07) is 0. The summed E-state index contributed by atoms with van der Waals surface area (Å²) in [4.78, 5) is 24.2. The molecule has 2 heterocycles. The molecule has 2 saturated heterocycles. The van der Waals surface area contributed by atoms with Crippen molar-refractivity contribution in [2.24, 2.45) is 16.8 Å². The molecule has 30 heavy (non-hydrogen) atoms. The van der Waals surface area contributed by atoms with E-state index < -0.39 is 0 Å². The summed E-state index contributed by atoms with van der Waals surface area (Å²) < 4.78 is 4.98. The fourth-order valence-corrected chi connectivity index (χ4v) is 4.29. The third-order valence-electron chi connectivity index (χ3n) is 5.73. The first-order valence-corrected chi connectivity index (χ1v) is 11.7. The van der Waals surface area contributed by atoms with Crippen molar-refractivity contribution in [1.29, 1.82) is 0 Å². The standard InChI is InChI=1S/C22H44N6O2/c1-5-23-22(25-15-20-7-6-9-27(17-20)16-19(2)3)28-12-10-26(11-13-28)18-21(29)24-8-14-30-4/h19-20H,5-18H2,1-4H3,(H,23,25)(H,24,29). The molecule has 0 spiro atoms. The molecule has 2 N–H and O–H groups in total. The van der Waals surface area contributed by atoms with Gasteiger partial charge < -0.3 is 25.2 Å². The van der Waals surface area contributed by atoms with Crippen LogP contribution >= 0.6 is 0 Å². The van der Waals surface area contributed by atoms with Gasteiger partial charge in [-0.1, -0.05) is 13.8 Å². The monoisotopic (exact) mass is 424 g/mol. The number of rotatable bonds is 10. The second-order valence-electron chi connectivity index (χ2n) is 8.96. The van der Waals surface area contributed by atoms with E-state index in [-0.39, 0.29) is 5.91 Å². The Morgan fingerprint density at radius 3 is 2.57 bits per heavy atom. The van der Waals surface area contributed by atoms with Crippen LogP contribution in [0.3, 0.4) is 0 Å². The summed E-state index contributed by atoms with van der Waals surface area (Å²) in [6.45, 7) is 17.3. The number of amides is 1. The first-order chi connectivity index (χ1) is 14.5. The average molecular weight is 425 g/mol. The SMILES string of the molecule is CCNC(=NCC1CCCN(CC(C)C)C1)N1CCN(CC(=O)NCCOC)CC1. The molecular weight excluding hydrogens is 380 g/mol. The lowest BCUT2D eigenvalue weighted by Crippen LogP contribution is -2.54. The minimum atomic E-state index is 0.0734. The van der Waals surface area contributed by atoms with E-state index in [4.69, 9.17) is 9.73 Å². The van der Waals surface area contributed by atoms with Gasteiger partial charge in [-0.3, -0.25) is 14.7 Å². The number of nitrogens with one attached hydrogen (secondary N) is 2. The van der Waals surface area contributed by atoms with Gasteiger partial charge in [-0.2, -0.15) is 0 Å². The molecule has 0 aromatic carbocycles. The van der Waals surface area contributed by atoms with E-state index in [0.717, 1.165) is 51.1 Å². The quantitative estimate of drug-likeness (QED) is 0.306. The number of aliphatic imine (C=N–C) groups is 1. The Morgan fingerprint density at radius 2 is 1.90 bits per heavy atom. The van der Waals surface area contributed by atoms with Gasteiger partial charge >= 0.3 is 0 Å². The normalized spacial score (nSPS) is 21.8. The maximum Gasteiger partial charge on any atom is 0.234 e. The number of carbonyl (C=O) groups is 1. The van der Waals surface area contributed by atoms with Crippen LogP contribution in [0.15, 0.2) is 4.99 Å². The van der Waals surface area contributed by atoms with Crippen LogP contribution in [0.25, 0.3) is 0 Å². The van der Waals surface area contributed by atoms with Gasteiger partial charge in [0, 0.05) is 66.0 Å². The zero-order valence-electron chi connectivity index (χ0n) is 19.7. The zero-order chi connectivity index (χ0) is 21.8. The van der Waals surface area contributed by atoms with Gasteiger partial charge in [-0.15, -0.1) is 0 Å². The highest BCUT2D eigenvalue weighted by molar-refractivity contribution is 5.80. The minimum absolute atomic E-state index is 0.0734. The number of hydrogen-bond acceptors (Lipinski definition) is 5. The lowest BCUT2D eigenvalue weighted by molar-refractivity contribution is -0.122. The summed E-state index contributed by atoms with van der Waals surface area (Å²) in [7, 11) is 1.64. The number of piperidine rings is 1. The number of ether oxygens (including phenoxy) is 1. The van der Waals surface area contributed by atoms with E-state index in [9.17, 15) is 4.79 Å². The number of piperazine rings is 1. The van der Waals surface area contributed by atoms with Gasteiger partial charge in [0.2, 0.25) is 5.91 Å². The second-order valence-corrected chi connectivity index (χ2v) is 8.96. The van der Waals surface area contributed by atoms with Crippen LogP contribution in [0.1, 0.15) is 33.6 Å². The first-order valence-electron chi connectivity index (χ1n) is 11.7. The third kappa shape index (κ3) is 9.18. The summed E-state index contributed by atoms with van der Waals surface area (Å²) in [5, 5.41) is 6.37. The molecular formula is C22H44N6O2. The molecule has 0 saturated carbocycles. The Kier molecular flexibility index (Phi) is 11.5. The lowest BCUT2D eigenvalue weighted by atomic mass is 9.97. The molecule has 0 bridgehead atoms. The Labute approximate surface area is 183 Å². The number of methoxy groups -OCH3 is 1. The average Bonchev–Trinajstić information content (AvgIpc) is 2.72. The Morgan fingerprint density at radius 1 is 1.13 bits per heavy atom. The summed E-state index contributed by atoms with van der Waals surface area (Å²) in [5.74, 6) is 2.48. The van der Waals surface area contributed by atoms with Crippen molar-refractivity contribution in [3.8, 4) is 0 Å². The van der Waals surface area contributed by atoms with Crippen LogP contribution in [0.4, 0.5) is 0 Å². The fourth-order valence-electron chi connectivity index (χ4n) is 4.29. The molecule has 8 heteroatoms. The molecule has 2 rings (SSSR count). The predicted octanol–water partition coefficient (Wildman–Crippen LogP) is 0.700. The molecule has 2 aliphatic heterocycles. The number of hydrogen-bond donors (Lipinski definition) is 2. The van der Waals surface area contributed by atoms with Crippen molar-refractivity contribution in [1.82, 2.24) is 25.3 Å². The number of nitrogens with zero attached hydrogens (tertiary/aromatic N) is 4. The van der Waals surface area contributed by atoms with Crippen LogP contribution in [0.2, 0.25) is 0 Å². The van der Waals surface area contributed by atoms with Crippen LogP contribution in [0.5, 0.6) is 0 Å². The minimum Gasteiger partial charge on any atom is -0.383 e. The van der Waals surface area contributed by atoms with Gasteiger partial charge in [0.1, 0.15) is 0 Å². The first kappa shape index (κ1) is 24.9. The highest BCUT2D eigenvalue weighted by atomic mass is 16.5. The molecule has 8 nitrogen and oxygen atoms in total. The number of carbonyl (C=O) groups excluding carboxylic acids is 1. The Bertz CT molecular complexity index is 520. The maximum absolute atomic E-state index is 12.0. The largest absolute Gasteiger partial charge is 0.383 e. The Hall–Kier alpha value is -1.38. The Balaban J connectivity index is 1.78. The highest BCUT2D eigenvalue weighted by Crippen LogP contribution is 2.18. The number of likely N-dealkylation sites (tertiary alicyclic amines) is 1. The highest BCUT2D eigenvalue weighted by Gasteiger charge is 2.23. The summed E-state index contributed by atoms with van der Waals surface area (Å²) in [5.41, 5.74) is 0. The third-order valence-corrected chi connectivity index (χ3v) is 5.73. The zero-order valence-corrected chi connectivity index (χ0v) is 19.7. The van der Waals surface area contributed by atoms with Crippen LogP contribution in [-0.2, 0) is 9.53 Å². The predicted molar refractivity (Wildman–Crippen MR) is 123 cm³/mol. The molecule has 1 unspecified atom stereocenters. The van der Waals surface area contributed by atoms with Gasteiger partial charge in [0.25, 0.3) is 0 Å². The molecule has 0 radical (unpaired) electrons. The van der Waals surface area contributed by atoms with Crippen molar-refractivity contribution >= 4 is 11.9 Å². The summed E-state index contributed by atoms with van der Waals surface area (Å²) >= 11 is 0. The van der Waals surface area contributed by atoms with Crippen molar-refractivity contribution in [3.63, 3.8) is 0 Å². The molecule has 1 amide bonds. The van der Waals surface area contributed by atoms with Crippen LogP contribution in [-0.4, -0.2) is 112 Å². The smallest absolute Gasteiger partial charge is 0.234 e. The molecule has 174 valence electrons. The van der Waals surface area contributed by atoms with Crippen molar-refractivity contribution < 1.29 is 9.53 Å². The molecule has 2 fully saturated rings. The molecule has 2 aliphatic rings. The number of guanidine groups is 1. The van der Waals surface area contributed by atoms with Gasteiger partial charge in [-0.05, 0) is 38.1 Å². The van der Waals surface area contributed by atoms with Crippen LogP contribution in [0, 0.1) is 11.8 Å². The van der Waals surface area contributed by atoms with Gasteiger partial charge in [0.05, 0.1) is 13.2 Å². The van der Waals surface area contributed by atoms with Crippen molar-refractivity contribution in [2.75, 3.05) is 85.7 Å². The van der Waals surface area contributed by atoms with E-state index in [2.05, 4.69) is 46.1 Å². The molecule has 1 atom stereocenters. The molecule has 0 aromatic rings. The van der Waals surface area contributed by atoms with Crippen molar-refractivity contribution in [2.45, 2.75) is 33.6 Å². The lowest BCUT2D eigenvalue weighted by Gasteiger charge is -2.37. The van der Waals surface area contributed by atoms with E-state index in [1.54, 1.807) is 7.11 Å². The molecule has 0 aromatic heterocycles.